The minimum atomic E-state index is 0.863. The van der Waals surface area contributed by atoms with Gasteiger partial charge in [-0.05, 0) is 6.42 Å². The van der Waals surface area contributed by atoms with Crippen LogP contribution in [0.15, 0.2) is 0 Å². The molecular weight excluding hydrogens is 258 g/mol. The fraction of sp³-hybridized carbons (Fsp3) is 1.00. The number of hydroxylamine groups is 1. The van der Waals surface area contributed by atoms with Crippen LogP contribution in [0.1, 0.15) is 96.8 Å². The molecule has 0 aliphatic rings. The van der Waals surface area contributed by atoms with Gasteiger partial charge in [0.2, 0.25) is 0 Å². The Hall–Kier alpha value is 0.210. The maximum atomic E-state index is 5.05. The van der Waals surface area contributed by atoms with E-state index in [1.54, 1.807) is 0 Å². The summed E-state index contributed by atoms with van der Waals surface area (Å²) >= 11 is 5.05. The topological polar surface area (TPSA) is 21.3 Å². The Morgan fingerprint density at radius 1 is 0.632 bits per heavy atom. The van der Waals surface area contributed by atoms with E-state index in [2.05, 4.69) is 16.8 Å². The highest BCUT2D eigenvalue weighted by atomic mass is 35.5. The van der Waals surface area contributed by atoms with Crippen LogP contribution < -0.4 is 5.48 Å². The summed E-state index contributed by atoms with van der Waals surface area (Å²) in [5.74, 6) is 0. The van der Waals surface area contributed by atoms with Crippen molar-refractivity contribution in [2.75, 3.05) is 6.54 Å². The van der Waals surface area contributed by atoms with Crippen molar-refractivity contribution < 1.29 is 4.39 Å². The van der Waals surface area contributed by atoms with Crippen LogP contribution in [0.3, 0.4) is 0 Å². The zero-order chi connectivity index (χ0) is 14.0. The normalized spacial score (nSPS) is 11.1. The van der Waals surface area contributed by atoms with Gasteiger partial charge < -0.3 is 0 Å². The summed E-state index contributed by atoms with van der Waals surface area (Å²) < 4.78 is 4.28. The van der Waals surface area contributed by atoms with E-state index in [9.17, 15) is 0 Å². The summed E-state index contributed by atoms with van der Waals surface area (Å²) in [5, 5.41) is 0. The molecule has 0 aliphatic carbocycles. The molecule has 1 N–H and O–H groups in total. The molecule has 0 aromatic rings. The Morgan fingerprint density at radius 2 is 1.00 bits per heavy atom. The van der Waals surface area contributed by atoms with Crippen LogP contribution in [0.2, 0.25) is 0 Å². The summed E-state index contributed by atoms with van der Waals surface area (Å²) in [5.41, 5.74) is 2.66. The van der Waals surface area contributed by atoms with Crippen molar-refractivity contribution in [1.82, 2.24) is 5.48 Å². The van der Waals surface area contributed by atoms with Gasteiger partial charge in [-0.25, -0.2) is 0 Å². The first-order valence-corrected chi connectivity index (χ1v) is 8.73. The van der Waals surface area contributed by atoms with E-state index in [0.717, 1.165) is 13.0 Å². The second kappa shape index (κ2) is 18.2. The zero-order valence-electron chi connectivity index (χ0n) is 12.9. The van der Waals surface area contributed by atoms with Gasteiger partial charge in [-0.2, -0.15) is 9.87 Å². The molecule has 19 heavy (non-hydrogen) atoms. The second-order valence-electron chi connectivity index (χ2n) is 5.57. The van der Waals surface area contributed by atoms with Gasteiger partial charge in [0, 0.05) is 6.54 Å². The minimum absolute atomic E-state index is 0.863. The molecule has 2 nitrogen and oxygen atoms in total. The Kier molecular flexibility index (Phi) is 18.4. The first kappa shape index (κ1) is 19.2. The lowest BCUT2D eigenvalue weighted by Gasteiger charge is -2.03. The maximum absolute atomic E-state index is 5.05. The average molecular weight is 292 g/mol. The monoisotopic (exact) mass is 291 g/mol. The fourth-order valence-corrected chi connectivity index (χ4v) is 2.51. The largest absolute Gasteiger partial charge is 0.190 e. The first-order chi connectivity index (χ1) is 9.41. The molecule has 0 aromatic carbocycles. The summed E-state index contributed by atoms with van der Waals surface area (Å²) in [4.78, 5) is 0. The van der Waals surface area contributed by atoms with Crippen molar-refractivity contribution in [1.29, 1.82) is 0 Å². The Morgan fingerprint density at radius 3 is 1.37 bits per heavy atom. The maximum Gasteiger partial charge on any atom is 0.0837 e. The van der Waals surface area contributed by atoms with Gasteiger partial charge in [-0.15, -0.1) is 0 Å². The molecule has 0 radical (unpaired) electrons. The highest BCUT2D eigenvalue weighted by Crippen LogP contribution is 2.12. The summed E-state index contributed by atoms with van der Waals surface area (Å²) in [7, 11) is 0. The van der Waals surface area contributed by atoms with E-state index < -0.39 is 0 Å². The molecule has 0 rings (SSSR count). The van der Waals surface area contributed by atoms with Crippen molar-refractivity contribution in [3.05, 3.63) is 0 Å². The zero-order valence-corrected chi connectivity index (χ0v) is 13.6. The van der Waals surface area contributed by atoms with Crippen LogP contribution >= 0.6 is 11.9 Å². The first-order valence-electron chi connectivity index (χ1n) is 8.42. The second-order valence-corrected chi connectivity index (χ2v) is 5.72. The smallest absolute Gasteiger partial charge is 0.0837 e. The molecule has 0 aromatic heterocycles. The predicted molar refractivity (Wildman–Crippen MR) is 85.3 cm³/mol. The number of unbranched alkanes of at least 4 members (excludes halogenated alkanes) is 13. The molecule has 0 bridgehead atoms. The van der Waals surface area contributed by atoms with E-state index in [0.29, 0.717) is 0 Å². The lowest BCUT2D eigenvalue weighted by atomic mass is 10.0. The molecule has 0 saturated carbocycles. The number of rotatable bonds is 16. The van der Waals surface area contributed by atoms with Crippen LogP contribution in [0.5, 0.6) is 0 Å². The van der Waals surface area contributed by atoms with Crippen LogP contribution in [0, 0.1) is 0 Å². The van der Waals surface area contributed by atoms with Crippen LogP contribution in [-0.4, -0.2) is 6.54 Å². The van der Waals surface area contributed by atoms with Crippen molar-refractivity contribution in [2.24, 2.45) is 0 Å². The van der Waals surface area contributed by atoms with Gasteiger partial charge >= 0.3 is 0 Å². The quantitative estimate of drug-likeness (QED) is 0.272. The minimum Gasteiger partial charge on any atom is -0.190 e. The highest BCUT2D eigenvalue weighted by Gasteiger charge is 1.94. The Balaban J connectivity index is 2.88. The summed E-state index contributed by atoms with van der Waals surface area (Å²) in [6, 6.07) is 0. The Bertz CT molecular complexity index is 140. The number of hydrogen-bond donors (Lipinski definition) is 1. The van der Waals surface area contributed by atoms with Gasteiger partial charge in [0.1, 0.15) is 0 Å². The molecule has 0 heterocycles. The van der Waals surface area contributed by atoms with E-state index in [4.69, 9.17) is 11.9 Å². The third-order valence-electron chi connectivity index (χ3n) is 3.69. The number of hydrogen-bond acceptors (Lipinski definition) is 2. The van der Waals surface area contributed by atoms with Gasteiger partial charge in [-0.1, -0.05) is 90.4 Å². The van der Waals surface area contributed by atoms with Crippen molar-refractivity contribution in [2.45, 2.75) is 96.8 Å². The van der Waals surface area contributed by atoms with Crippen LogP contribution in [-0.2, 0) is 4.39 Å². The van der Waals surface area contributed by atoms with E-state index in [1.807, 2.05) is 0 Å². The van der Waals surface area contributed by atoms with Crippen LogP contribution in [0.4, 0.5) is 0 Å². The lowest BCUT2D eigenvalue weighted by molar-refractivity contribution is 0.216. The van der Waals surface area contributed by atoms with E-state index >= 15 is 0 Å². The fourth-order valence-electron chi connectivity index (χ4n) is 2.43. The SMILES string of the molecule is CCCCCCCCCCCCCCCCNOCl. The van der Waals surface area contributed by atoms with E-state index in [-0.39, 0.29) is 0 Å². The highest BCUT2D eigenvalue weighted by molar-refractivity contribution is 6.07. The van der Waals surface area contributed by atoms with Crippen molar-refractivity contribution in [3.63, 3.8) is 0 Å². The van der Waals surface area contributed by atoms with Crippen molar-refractivity contribution in [3.8, 4) is 0 Å². The molecule has 0 spiro atoms. The average Bonchev–Trinajstić information content (AvgIpc) is 2.43. The molecule has 3 heteroatoms. The molecular formula is C16H34ClNO. The van der Waals surface area contributed by atoms with Crippen LogP contribution in [0.25, 0.3) is 0 Å². The molecule has 116 valence electrons. The molecule has 0 unspecified atom stereocenters. The third-order valence-corrected chi connectivity index (χ3v) is 3.80. The summed E-state index contributed by atoms with van der Waals surface area (Å²) in [6.45, 7) is 3.14. The van der Waals surface area contributed by atoms with Gasteiger partial charge in [0.05, 0.1) is 11.9 Å². The molecule has 0 fully saturated rings. The number of halogens is 1. The standard InChI is InChI=1S/C16H34ClNO/c1-2-3-4-5-6-7-8-9-10-11-12-13-14-15-16-18-19-17/h18H,2-16H2,1H3. The third kappa shape index (κ3) is 18.2. The van der Waals surface area contributed by atoms with Crippen molar-refractivity contribution >= 4 is 11.9 Å². The number of nitrogens with one attached hydrogen (secondary N) is 1. The summed E-state index contributed by atoms with van der Waals surface area (Å²) in [6.07, 6.45) is 19.5. The van der Waals surface area contributed by atoms with Gasteiger partial charge in [0.15, 0.2) is 0 Å². The molecule has 0 saturated heterocycles. The molecule has 0 amide bonds. The van der Waals surface area contributed by atoms with E-state index in [1.165, 1.54) is 83.5 Å². The predicted octanol–water partition coefficient (Wildman–Crippen LogP) is 6.14. The molecule has 0 aliphatic heterocycles. The molecule has 0 atom stereocenters. The Labute approximate surface area is 125 Å². The van der Waals surface area contributed by atoms with Gasteiger partial charge in [0.25, 0.3) is 0 Å². The van der Waals surface area contributed by atoms with Gasteiger partial charge in [-0.3, -0.25) is 0 Å². The lowest BCUT2D eigenvalue weighted by Crippen LogP contribution is -2.09.